The highest BCUT2D eigenvalue weighted by Gasteiger charge is 2.61. The first-order valence-electron chi connectivity index (χ1n) is 9.70. The van der Waals surface area contributed by atoms with E-state index in [0.29, 0.717) is 5.56 Å². The van der Waals surface area contributed by atoms with Gasteiger partial charge in [-0.05, 0) is 55.4 Å². The Labute approximate surface area is 180 Å². The Morgan fingerprint density at radius 2 is 1.60 bits per heavy atom. The van der Waals surface area contributed by atoms with E-state index in [4.69, 9.17) is 4.74 Å². The second-order valence-corrected chi connectivity index (χ2v) is 8.73. The van der Waals surface area contributed by atoms with Crippen LogP contribution in [0.4, 0.5) is 0 Å². The first kappa shape index (κ1) is 20.5. The van der Waals surface area contributed by atoms with Gasteiger partial charge >= 0.3 is 5.97 Å². The third kappa shape index (κ3) is 3.83. The van der Waals surface area contributed by atoms with Crippen molar-refractivity contribution in [3.63, 3.8) is 0 Å². The Morgan fingerprint density at radius 3 is 2.20 bits per heavy atom. The molecular weight excluding hydrogens is 458 g/mol. The number of nitrogens with zero attached hydrogens (tertiary/aromatic N) is 1. The molecule has 10 heteroatoms. The maximum absolute atomic E-state index is 12.6. The van der Waals surface area contributed by atoms with Gasteiger partial charge in [0.05, 0.1) is 11.8 Å². The lowest BCUT2D eigenvalue weighted by Gasteiger charge is -2.19. The number of fused-ring (bicyclic) bond motifs is 5. The highest BCUT2D eigenvalue weighted by atomic mass is 79.9. The third-order valence-corrected chi connectivity index (χ3v) is 6.62. The van der Waals surface area contributed by atoms with Gasteiger partial charge in [-0.2, -0.15) is 0 Å². The number of carbonyl (C=O) groups excluding carboxylic acids is 5. The largest absolute Gasteiger partial charge is 0.454 e. The third-order valence-electron chi connectivity index (χ3n) is 6.09. The van der Waals surface area contributed by atoms with Gasteiger partial charge in [-0.1, -0.05) is 15.9 Å². The number of rotatable bonds is 5. The molecule has 1 aromatic carbocycles. The molecule has 3 fully saturated rings. The summed E-state index contributed by atoms with van der Waals surface area (Å²) >= 11 is 3.26. The summed E-state index contributed by atoms with van der Waals surface area (Å²) in [6.45, 7) is -1.14. The molecule has 2 aliphatic carbocycles. The van der Waals surface area contributed by atoms with E-state index in [9.17, 15) is 24.0 Å². The predicted octanol–water partition coefficient (Wildman–Crippen LogP) is 0.784. The molecule has 0 radical (unpaired) electrons. The van der Waals surface area contributed by atoms with Gasteiger partial charge in [0.1, 0.15) is 6.54 Å². The quantitative estimate of drug-likeness (QED) is 0.367. The zero-order chi connectivity index (χ0) is 21.4. The average molecular weight is 478 g/mol. The summed E-state index contributed by atoms with van der Waals surface area (Å²) in [5.41, 5.74) is 4.68. The van der Waals surface area contributed by atoms with Gasteiger partial charge in [-0.3, -0.25) is 39.7 Å². The second-order valence-electron chi connectivity index (χ2n) is 7.82. The number of halogens is 1. The number of imide groups is 1. The molecule has 1 saturated heterocycles. The van der Waals surface area contributed by atoms with Gasteiger partial charge < -0.3 is 4.74 Å². The van der Waals surface area contributed by atoms with Crippen molar-refractivity contribution in [2.45, 2.75) is 19.3 Å². The van der Waals surface area contributed by atoms with Crippen molar-refractivity contribution in [3.05, 3.63) is 34.3 Å². The number of carbonyl (C=O) groups is 5. The molecule has 2 saturated carbocycles. The number of hydrazine groups is 1. The van der Waals surface area contributed by atoms with Crippen LogP contribution < -0.4 is 10.9 Å². The molecular formula is C20H20BrN3O6. The summed E-state index contributed by atoms with van der Waals surface area (Å²) in [6, 6.07) is 6.49. The fourth-order valence-corrected chi connectivity index (χ4v) is 5.05. The van der Waals surface area contributed by atoms with Crippen LogP contribution in [0.5, 0.6) is 0 Å². The maximum atomic E-state index is 12.6. The summed E-state index contributed by atoms with van der Waals surface area (Å²) in [4.78, 5) is 61.9. The standard InChI is InChI=1S/C20H20BrN3O6/c21-13-5-3-10(4-6-13)18(27)23-22-14(25)9-30-15(26)8-24-19(28)16-11-1-2-12(7-11)17(16)20(24)29/h3-6,11-12,16-17H,1-2,7-9H2,(H,22,25)(H,23,27)/t11-,12-,16-,17+/m0/s1. The number of benzene rings is 1. The minimum Gasteiger partial charge on any atom is -0.454 e. The van der Waals surface area contributed by atoms with E-state index in [2.05, 4.69) is 26.8 Å². The molecule has 0 unspecified atom stereocenters. The highest BCUT2D eigenvalue weighted by molar-refractivity contribution is 9.10. The average Bonchev–Trinajstić information content (AvgIpc) is 3.41. The Balaban J connectivity index is 1.22. The normalized spacial score (nSPS) is 26.5. The van der Waals surface area contributed by atoms with Gasteiger partial charge in [-0.15, -0.1) is 0 Å². The zero-order valence-electron chi connectivity index (χ0n) is 15.9. The lowest BCUT2D eigenvalue weighted by molar-refractivity contribution is -0.155. The molecule has 9 nitrogen and oxygen atoms in total. The number of likely N-dealkylation sites (tertiary alicyclic amines) is 1. The topological polar surface area (TPSA) is 122 Å². The Kier molecular flexibility index (Phi) is 5.59. The van der Waals surface area contributed by atoms with E-state index < -0.39 is 30.9 Å². The molecule has 2 N–H and O–H groups in total. The molecule has 3 aliphatic rings. The molecule has 4 atom stereocenters. The Hall–Kier alpha value is -2.75. The minimum atomic E-state index is -0.849. The van der Waals surface area contributed by atoms with Gasteiger partial charge in [0, 0.05) is 10.0 Å². The van der Waals surface area contributed by atoms with Crippen LogP contribution in [0, 0.1) is 23.7 Å². The molecule has 1 aromatic rings. The van der Waals surface area contributed by atoms with E-state index >= 15 is 0 Å². The van der Waals surface area contributed by atoms with Crippen LogP contribution in [0.15, 0.2) is 28.7 Å². The number of nitrogens with one attached hydrogen (secondary N) is 2. The molecule has 4 amide bonds. The smallest absolute Gasteiger partial charge is 0.326 e. The molecule has 1 aliphatic heterocycles. The molecule has 0 aromatic heterocycles. The van der Waals surface area contributed by atoms with Crippen molar-refractivity contribution in [1.82, 2.24) is 15.8 Å². The highest BCUT2D eigenvalue weighted by Crippen LogP contribution is 2.56. The van der Waals surface area contributed by atoms with Crippen LogP contribution >= 0.6 is 15.9 Å². The van der Waals surface area contributed by atoms with Crippen molar-refractivity contribution in [3.8, 4) is 0 Å². The molecule has 158 valence electrons. The van der Waals surface area contributed by atoms with Gasteiger partial charge in [-0.25, -0.2) is 0 Å². The first-order chi connectivity index (χ1) is 14.3. The van der Waals surface area contributed by atoms with E-state index in [1.807, 2.05) is 0 Å². The first-order valence-corrected chi connectivity index (χ1v) is 10.5. The summed E-state index contributed by atoms with van der Waals surface area (Å²) in [5.74, 6) is -2.88. The Morgan fingerprint density at radius 1 is 1.00 bits per heavy atom. The molecule has 0 spiro atoms. The molecule has 30 heavy (non-hydrogen) atoms. The van der Waals surface area contributed by atoms with Crippen LogP contribution in [-0.4, -0.2) is 47.6 Å². The van der Waals surface area contributed by atoms with E-state index in [1.54, 1.807) is 24.3 Å². The minimum absolute atomic E-state index is 0.234. The van der Waals surface area contributed by atoms with Gasteiger partial charge in [0.15, 0.2) is 6.61 Å². The summed E-state index contributed by atoms with van der Waals surface area (Å²) in [5, 5.41) is 0. The van der Waals surface area contributed by atoms with Gasteiger partial charge in [0.2, 0.25) is 11.8 Å². The van der Waals surface area contributed by atoms with Gasteiger partial charge in [0.25, 0.3) is 11.8 Å². The van der Waals surface area contributed by atoms with Crippen LogP contribution in [0.3, 0.4) is 0 Å². The van der Waals surface area contributed by atoms with Crippen molar-refractivity contribution in [2.24, 2.45) is 23.7 Å². The summed E-state index contributed by atoms with van der Waals surface area (Å²) in [6.07, 6.45) is 2.82. The number of hydrogen-bond donors (Lipinski definition) is 2. The zero-order valence-corrected chi connectivity index (χ0v) is 17.5. The van der Waals surface area contributed by atoms with Crippen molar-refractivity contribution in [2.75, 3.05) is 13.2 Å². The predicted molar refractivity (Wildman–Crippen MR) is 105 cm³/mol. The van der Waals surface area contributed by atoms with Crippen molar-refractivity contribution in [1.29, 1.82) is 0 Å². The molecule has 2 bridgehead atoms. The fraction of sp³-hybridized carbons (Fsp3) is 0.450. The summed E-state index contributed by atoms with van der Waals surface area (Å²) in [7, 11) is 0. The number of amides is 4. The number of ether oxygens (including phenoxy) is 1. The monoisotopic (exact) mass is 477 g/mol. The molecule has 4 rings (SSSR count). The molecule has 1 heterocycles. The van der Waals surface area contributed by atoms with E-state index in [0.717, 1.165) is 28.6 Å². The number of hydrogen-bond acceptors (Lipinski definition) is 6. The summed E-state index contributed by atoms with van der Waals surface area (Å²) < 4.78 is 5.66. The van der Waals surface area contributed by atoms with Crippen molar-refractivity contribution >= 4 is 45.5 Å². The second kappa shape index (κ2) is 8.17. The SMILES string of the molecule is O=C(COC(=O)CN1C(=O)[C@@H]2[C@H]3CC[C@@H](C3)[C@@H]2C1=O)NNC(=O)c1ccc(Br)cc1. The fourth-order valence-electron chi connectivity index (χ4n) is 4.78. The van der Waals surface area contributed by atoms with Crippen LogP contribution in [0.2, 0.25) is 0 Å². The lowest BCUT2D eigenvalue weighted by atomic mass is 9.81. The van der Waals surface area contributed by atoms with Crippen LogP contribution in [0.1, 0.15) is 29.6 Å². The number of esters is 1. The van der Waals surface area contributed by atoms with Crippen LogP contribution in [-0.2, 0) is 23.9 Å². The van der Waals surface area contributed by atoms with E-state index in [1.165, 1.54) is 0 Å². The van der Waals surface area contributed by atoms with E-state index in [-0.39, 0.29) is 35.5 Å². The van der Waals surface area contributed by atoms with Crippen molar-refractivity contribution < 1.29 is 28.7 Å². The lowest BCUT2D eigenvalue weighted by Crippen LogP contribution is -2.44. The Bertz CT molecular complexity index is 890. The van der Waals surface area contributed by atoms with Crippen LogP contribution in [0.25, 0.3) is 0 Å². The maximum Gasteiger partial charge on any atom is 0.326 e.